The maximum absolute atomic E-state index is 13.6. The molecule has 0 N–H and O–H groups in total. The summed E-state index contributed by atoms with van der Waals surface area (Å²) >= 11 is 0. The molecule has 1 aromatic rings. The summed E-state index contributed by atoms with van der Waals surface area (Å²) in [5.74, 6) is -1.79. The van der Waals surface area contributed by atoms with E-state index in [-0.39, 0.29) is 19.0 Å². The molecule has 0 unspecified atom stereocenters. The van der Waals surface area contributed by atoms with Crippen LogP contribution >= 0.6 is 0 Å². The highest BCUT2D eigenvalue weighted by Gasteiger charge is 2.38. The molecule has 4 nitrogen and oxygen atoms in total. The van der Waals surface area contributed by atoms with Crippen molar-refractivity contribution in [2.24, 2.45) is 0 Å². The Hall–Kier alpha value is -1.52. The Kier molecular flexibility index (Phi) is 3.83. The Morgan fingerprint density at radius 3 is 2.63 bits per heavy atom. The van der Waals surface area contributed by atoms with E-state index in [4.69, 9.17) is 5.26 Å². The van der Waals surface area contributed by atoms with Gasteiger partial charge in [0.25, 0.3) is 0 Å². The molecular formula is C12H12F2N2O2S. The van der Waals surface area contributed by atoms with Crippen molar-refractivity contribution in [2.75, 3.05) is 6.54 Å². The van der Waals surface area contributed by atoms with E-state index >= 15 is 0 Å². The second-order valence-electron chi connectivity index (χ2n) is 4.33. The number of sulfonamides is 1. The number of nitrogens with zero attached hydrogens (tertiary/aromatic N) is 2. The van der Waals surface area contributed by atoms with Gasteiger partial charge in [0.2, 0.25) is 10.0 Å². The van der Waals surface area contributed by atoms with Crippen molar-refractivity contribution in [3.8, 4) is 6.07 Å². The summed E-state index contributed by atoms with van der Waals surface area (Å²) < 4.78 is 52.4. The maximum atomic E-state index is 13.6. The molecule has 0 saturated heterocycles. The summed E-state index contributed by atoms with van der Waals surface area (Å²) in [5, 5.41) is 8.55. The van der Waals surface area contributed by atoms with Gasteiger partial charge in [0.05, 0.1) is 6.07 Å². The van der Waals surface area contributed by atoms with E-state index in [0.717, 1.165) is 16.4 Å². The molecule has 0 spiro atoms. The first-order valence-corrected chi connectivity index (χ1v) is 7.24. The van der Waals surface area contributed by atoms with Gasteiger partial charge >= 0.3 is 0 Å². The molecule has 0 aromatic heterocycles. The van der Waals surface area contributed by atoms with Crippen LogP contribution in [0.3, 0.4) is 0 Å². The molecule has 19 heavy (non-hydrogen) atoms. The minimum atomic E-state index is -4.10. The monoisotopic (exact) mass is 286 g/mol. The fraction of sp³-hybridized carbons (Fsp3) is 0.417. The van der Waals surface area contributed by atoms with Crippen molar-refractivity contribution < 1.29 is 17.2 Å². The largest absolute Gasteiger partial charge is 0.246 e. The Bertz CT molecular complexity index is 621. The van der Waals surface area contributed by atoms with Gasteiger partial charge in [-0.15, -0.1) is 0 Å². The van der Waals surface area contributed by atoms with E-state index in [1.54, 1.807) is 0 Å². The van der Waals surface area contributed by atoms with Crippen molar-refractivity contribution >= 4 is 10.0 Å². The number of benzene rings is 1. The van der Waals surface area contributed by atoms with Crippen LogP contribution in [0.1, 0.15) is 19.3 Å². The highest BCUT2D eigenvalue weighted by atomic mass is 32.2. The molecule has 0 amide bonds. The van der Waals surface area contributed by atoms with Crippen molar-refractivity contribution in [1.82, 2.24) is 4.31 Å². The molecule has 7 heteroatoms. The summed E-state index contributed by atoms with van der Waals surface area (Å²) in [6.45, 7) is -0.000542. The minimum Gasteiger partial charge on any atom is -0.207 e. The molecule has 0 heterocycles. The van der Waals surface area contributed by atoms with Crippen LogP contribution < -0.4 is 0 Å². The molecule has 1 aliphatic carbocycles. The van der Waals surface area contributed by atoms with Gasteiger partial charge in [0, 0.05) is 19.0 Å². The van der Waals surface area contributed by atoms with Gasteiger partial charge in [0.15, 0.2) is 0 Å². The van der Waals surface area contributed by atoms with Crippen molar-refractivity contribution in [1.29, 1.82) is 5.26 Å². The molecule has 1 aromatic carbocycles. The van der Waals surface area contributed by atoms with E-state index < -0.39 is 26.6 Å². The van der Waals surface area contributed by atoms with Crippen LogP contribution in [0.25, 0.3) is 0 Å². The van der Waals surface area contributed by atoms with Crippen LogP contribution in [-0.4, -0.2) is 25.3 Å². The van der Waals surface area contributed by atoms with Crippen LogP contribution in [0.2, 0.25) is 0 Å². The first kappa shape index (κ1) is 13.9. The molecule has 102 valence electrons. The van der Waals surface area contributed by atoms with E-state index in [1.807, 2.05) is 6.07 Å². The summed E-state index contributed by atoms with van der Waals surface area (Å²) in [5.41, 5.74) is 0. The van der Waals surface area contributed by atoms with E-state index in [2.05, 4.69) is 0 Å². The first-order valence-electron chi connectivity index (χ1n) is 5.80. The Morgan fingerprint density at radius 2 is 2.05 bits per heavy atom. The van der Waals surface area contributed by atoms with Gasteiger partial charge in [-0.3, -0.25) is 0 Å². The van der Waals surface area contributed by atoms with E-state index in [1.165, 1.54) is 0 Å². The zero-order valence-electron chi connectivity index (χ0n) is 10.0. The van der Waals surface area contributed by atoms with Crippen LogP contribution in [0.4, 0.5) is 8.78 Å². The van der Waals surface area contributed by atoms with Crippen molar-refractivity contribution in [2.45, 2.75) is 30.2 Å². The maximum Gasteiger partial charge on any atom is 0.246 e. The smallest absolute Gasteiger partial charge is 0.207 e. The molecule has 1 fully saturated rings. The number of hydrogen-bond donors (Lipinski definition) is 0. The fourth-order valence-electron chi connectivity index (χ4n) is 1.82. The Balaban J connectivity index is 2.39. The lowest BCUT2D eigenvalue weighted by Gasteiger charge is -2.20. The highest BCUT2D eigenvalue weighted by Crippen LogP contribution is 2.33. The third kappa shape index (κ3) is 2.91. The SMILES string of the molecule is N#CCCN(C1CC1)S(=O)(=O)c1cc(F)ccc1F. The number of hydrogen-bond acceptors (Lipinski definition) is 3. The first-order chi connectivity index (χ1) is 8.96. The van der Waals surface area contributed by atoms with Crippen LogP contribution in [0.5, 0.6) is 0 Å². The molecule has 0 atom stereocenters. The summed E-state index contributed by atoms with van der Waals surface area (Å²) in [6.07, 6.45) is 1.38. The second kappa shape index (κ2) is 5.23. The molecular weight excluding hydrogens is 274 g/mol. The Morgan fingerprint density at radius 1 is 1.37 bits per heavy atom. The minimum absolute atomic E-state index is 0.000542. The molecule has 1 saturated carbocycles. The van der Waals surface area contributed by atoms with Gasteiger partial charge in [-0.05, 0) is 31.0 Å². The van der Waals surface area contributed by atoms with Crippen LogP contribution in [0, 0.1) is 23.0 Å². The molecule has 0 bridgehead atoms. The topological polar surface area (TPSA) is 61.2 Å². The molecule has 2 rings (SSSR count). The number of halogens is 2. The fourth-order valence-corrected chi connectivity index (χ4v) is 3.59. The summed E-state index contributed by atoms with van der Waals surface area (Å²) in [7, 11) is -4.10. The third-order valence-electron chi connectivity index (χ3n) is 2.88. The zero-order valence-corrected chi connectivity index (χ0v) is 10.8. The lowest BCUT2D eigenvalue weighted by atomic mass is 10.3. The third-order valence-corrected chi connectivity index (χ3v) is 4.84. The highest BCUT2D eigenvalue weighted by molar-refractivity contribution is 7.89. The van der Waals surface area contributed by atoms with Gasteiger partial charge < -0.3 is 0 Å². The average Bonchev–Trinajstić information content (AvgIpc) is 3.17. The number of rotatable bonds is 5. The van der Waals surface area contributed by atoms with Gasteiger partial charge in [-0.1, -0.05) is 0 Å². The van der Waals surface area contributed by atoms with Gasteiger partial charge in [0.1, 0.15) is 16.5 Å². The molecule has 1 aliphatic rings. The van der Waals surface area contributed by atoms with Gasteiger partial charge in [-0.25, -0.2) is 17.2 Å². The summed E-state index contributed by atoms with van der Waals surface area (Å²) in [6, 6.07) is 3.98. The Labute approximate surface area is 110 Å². The lowest BCUT2D eigenvalue weighted by molar-refractivity contribution is 0.406. The second-order valence-corrected chi connectivity index (χ2v) is 6.19. The van der Waals surface area contributed by atoms with E-state index in [9.17, 15) is 17.2 Å². The van der Waals surface area contributed by atoms with E-state index in [0.29, 0.717) is 18.9 Å². The number of nitriles is 1. The van der Waals surface area contributed by atoms with Crippen molar-refractivity contribution in [3.63, 3.8) is 0 Å². The predicted octanol–water partition coefficient (Wildman–Crippen LogP) is 2.03. The molecule has 0 radical (unpaired) electrons. The standard InChI is InChI=1S/C12H12F2N2O2S/c13-9-2-5-11(14)12(8-9)19(17,18)16(7-1-6-15)10-3-4-10/h2,5,8,10H,1,3-4,7H2. The van der Waals surface area contributed by atoms with Gasteiger partial charge in [-0.2, -0.15) is 9.57 Å². The molecule has 0 aliphatic heterocycles. The van der Waals surface area contributed by atoms with Crippen LogP contribution in [0.15, 0.2) is 23.1 Å². The van der Waals surface area contributed by atoms with Crippen LogP contribution in [-0.2, 0) is 10.0 Å². The normalized spacial score (nSPS) is 15.5. The zero-order chi connectivity index (χ0) is 14.0. The summed E-state index contributed by atoms with van der Waals surface area (Å²) in [4.78, 5) is -0.669. The predicted molar refractivity (Wildman–Crippen MR) is 63.5 cm³/mol. The lowest BCUT2D eigenvalue weighted by Crippen LogP contribution is -2.34. The average molecular weight is 286 g/mol. The quantitative estimate of drug-likeness (QED) is 0.832. The van der Waals surface area contributed by atoms with Crippen molar-refractivity contribution in [3.05, 3.63) is 29.8 Å².